The summed E-state index contributed by atoms with van der Waals surface area (Å²) in [5, 5.41) is 4.49. The molecule has 2 aromatic carbocycles. The topological polar surface area (TPSA) is 49.4 Å². The number of thioether (sulfide) groups is 1. The van der Waals surface area contributed by atoms with Gasteiger partial charge in [0.15, 0.2) is 0 Å². The molecule has 3 rings (SSSR count). The second kappa shape index (κ2) is 12.5. The van der Waals surface area contributed by atoms with Crippen molar-refractivity contribution in [2.24, 2.45) is 0 Å². The molecule has 0 spiro atoms. The summed E-state index contributed by atoms with van der Waals surface area (Å²) >= 11 is 13.6. The van der Waals surface area contributed by atoms with Gasteiger partial charge in [0.1, 0.15) is 6.04 Å². The van der Waals surface area contributed by atoms with Gasteiger partial charge in [-0.2, -0.15) is 0 Å². The van der Waals surface area contributed by atoms with E-state index in [1.165, 1.54) is 18.2 Å². The first-order valence-electron chi connectivity index (χ1n) is 11.1. The molecule has 1 atom stereocenters. The molecule has 4 nitrogen and oxygen atoms in total. The lowest BCUT2D eigenvalue weighted by Gasteiger charge is -2.31. The zero-order chi connectivity index (χ0) is 22.9. The van der Waals surface area contributed by atoms with Gasteiger partial charge in [0, 0.05) is 28.4 Å². The predicted molar refractivity (Wildman–Crippen MR) is 134 cm³/mol. The Morgan fingerprint density at radius 1 is 1.03 bits per heavy atom. The second-order valence-electron chi connectivity index (χ2n) is 8.29. The Kier molecular flexibility index (Phi) is 9.76. The maximum atomic E-state index is 13.2. The average molecular weight is 494 g/mol. The summed E-state index contributed by atoms with van der Waals surface area (Å²) in [7, 11) is 0. The Labute approximate surface area is 205 Å². The number of nitrogens with zero attached hydrogens (tertiary/aromatic N) is 1. The Morgan fingerprint density at radius 2 is 1.75 bits per heavy atom. The molecular formula is C25H30Cl2N2O2S. The van der Waals surface area contributed by atoms with Crippen LogP contribution in [0.4, 0.5) is 0 Å². The van der Waals surface area contributed by atoms with Gasteiger partial charge >= 0.3 is 0 Å². The van der Waals surface area contributed by atoms with Crippen molar-refractivity contribution in [1.82, 2.24) is 10.2 Å². The van der Waals surface area contributed by atoms with E-state index < -0.39 is 6.04 Å². The second-order valence-corrected chi connectivity index (χ2v) is 10.1. The molecule has 2 amide bonds. The van der Waals surface area contributed by atoms with Crippen LogP contribution in [0.25, 0.3) is 0 Å². The largest absolute Gasteiger partial charge is 0.352 e. The quantitative estimate of drug-likeness (QED) is 0.460. The van der Waals surface area contributed by atoms with Gasteiger partial charge in [0.25, 0.3) is 0 Å². The number of halogens is 2. The van der Waals surface area contributed by atoms with Gasteiger partial charge in [0.2, 0.25) is 11.8 Å². The van der Waals surface area contributed by atoms with Crippen LogP contribution >= 0.6 is 35.0 Å². The zero-order valence-corrected chi connectivity index (χ0v) is 20.7. The van der Waals surface area contributed by atoms with Crippen LogP contribution in [-0.2, 0) is 21.9 Å². The third kappa shape index (κ3) is 7.72. The first kappa shape index (κ1) is 24.9. The lowest BCUT2D eigenvalue weighted by atomic mass is 9.95. The molecule has 1 fully saturated rings. The van der Waals surface area contributed by atoms with Gasteiger partial charge in [-0.3, -0.25) is 9.59 Å². The number of hydrogen-bond acceptors (Lipinski definition) is 3. The lowest BCUT2D eigenvalue weighted by Crippen LogP contribution is -2.50. The van der Waals surface area contributed by atoms with E-state index in [4.69, 9.17) is 23.2 Å². The minimum atomic E-state index is -0.549. The van der Waals surface area contributed by atoms with Crippen molar-refractivity contribution in [2.45, 2.75) is 63.4 Å². The monoisotopic (exact) mass is 492 g/mol. The number of hydrogen-bond donors (Lipinski definition) is 1. The van der Waals surface area contributed by atoms with Gasteiger partial charge in [-0.15, -0.1) is 11.8 Å². The van der Waals surface area contributed by atoms with Crippen LogP contribution in [0.3, 0.4) is 0 Å². The van der Waals surface area contributed by atoms with Crippen LogP contribution in [0.2, 0.25) is 10.0 Å². The van der Waals surface area contributed by atoms with E-state index in [-0.39, 0.29) is 17.9 Å². The molecule has 0 radical (unpaired) electrons. The predicted octanol–water partition coefficient (Wildman–Crippen LogP) is 6.09. The van der Waals surface area contributed by atoms with Crippen LogP contribution in [0.1, 0.15) is 50.2 Å². The fourth-order valence-corrected chi connectivity index (χ4v) is 5.10. The third-order valence-electron chi connectivity index (χ3n) is 5.77. The number of amides is 2. The molecule has 0 aliphatic heterocycles. The van der Waals surface area contributed by atoms with Gasteiger partial charge < -0.3 is 10.2 Å². The Bertz CT molecular complexity index is 901. The van der Waals surface area contributed by atoms with Crippen molar-refractivity contribution in [3.8, 4) is 0 Å². The van der Waals surface area contributed by atoms with E-state index in [2.05, 4.69) is 5.32 Å². The van der Waals surface area contributed by atoms with Crippen LogP contribution in [0.5, 0.6) is 0 Å². The van der Waals surface area contributed by atoms with E-state index >= 15 is 0 Å². The van der Waals surface area contributed by atoms with Crippen LogP contribution in [0.15, 0.2) is 48.5 Å². The average Bonchev–Trinajstić information content (AvgIpc) is 2.79. The molecule has 1 saturated carbocycles. The molecule has 1 aliphatic rings. The van der Waals surface area contributed by atoms with E-state index in [0.717, 1.165) is 36.8 Å². The van der Waals surface area contributed by atoms with Crippen molar-refractivity contribution in [3.05, 3.63) is 69.7 Å². The van der Waals surface area contributed by atoms with E-state index in [9.17, 15) is 9.59 Å². The van der Waals surface area contributed by atoms with E-state index in [1.807, 2.05) is 43.3 Å². The van der Waals surface area contributed by atoms with Gasteiger partial charge in [-0.25, -0.2) is 0 Å². The van der Waals surface area contributed by atoms with Crippen LogP contribution in [0, 0.1) is 0 Å². The summed E-state index contributed by atoms with van der Waals surface area (Å²) in [6.07, 6.45) is 5.55. The van der Waals surface area contributed by atoms with E-state index in [1.54, 1.807) is 17.0 Å². The van der Waals surface area contributed by atoms with Crippen molar-refractivity contribution in [2.75, 3.05) is 5.75 Å². The molecule has 7 heteroatoms. The maximum Gasteiger partial charge on any atom is 0.242 e. The first-order chi connectivity index (χ1) is 15.4. The Morgan fingerprint density at radius 3 is 2.44 bits per heavy atom. The summed E-state index contributed by atoms with van der Waals surface area (Å²) < 4.78 is 0. The summed E-state index contributed by atoms with van der Waals surface area (Å²) in [6.45, 7) is 2.18. The van der Waals surface area contributed by atoms with Crippen molar-refractivity contribution < 1.29 is 9.59 Å². The smallest absolute Gasteiger partial charge is 0.242 e. The number of rotatable bonds is 9. The number of nitrogens with one attached hydrogen (secondary N) is 1. The summed E-state index contributed by atoms with van der Waals surface area (Å²) in [6, 6.07) is 14.7. The molecule has 0 bridgehead atoms. The molecule has 172 valence electrons. The van der Waals surface area contributed by atoms with Crippen LogP contribution < -0.4 is 5.32 Å². The van der Waals surface area contributed by atoms with Crippen molar-refractivity contribution >= 4 is 46.8 Å². The minimum absolute atomic E-state index is 0.0572. The molecular weight excluding hydrogens is 463 g/mol. The van der Waals surface area contributed by atoms with Crippen LogP contribution in [-0.4, -0.2) is 34.6 Å². The summed E-state index contributed by atoms with van der Waals surface area (Å²) in [4.78, 5) is 27.8. The molecule has 0 saturated heterocycles. The number of carbonyl (C=O) groups is 2. The first-order valence-corrected chi connectivity index (χ1v) is 13.0. The fraction of sp³-hybridized carbons (Fsp3) is 0.440. The number of carbonyl (C=O) groups excluding carboxylic acids is 2. The zero-order valence-electron chi connectivity index (χ0n) is 18.4. The van der Waals surface area contributed by atoms with Gasteiger partial charge in [0.05, 0.1) is 5.75 Å². The third-order valence-corrected chi connectivity index (χ3v) is 7.24. The molecule has 1 aliphatic carbocycles. The standard InChI is InChI=1S/C25H30Cl2N2O2S/c1-18(25(31)28-23-8-3-2-4-9-23)29(15-19-10-12-21(26)13-11-19)24(30)17-32-16-20-6-5-7-22(27)14-20/h5-7,10-14,18,23H,2-4,8-9,15-17H2,1H3,(H,28,31). The maximum absolute atomic E-state index is 13.2. The highest BCUT2D eigenvalue weighted by Gasteiger charge is 2.28. The fourth-order valence-electron chi connectivity index (χ4n) is 3.90. The minimum Gasteiger partial charge on any atom is -0.352 e. The molecule has 0 aromatic heterocycles. The van der Waals surface area contributed by atoms with E-state index in [0.29, 0.717) is 28.1 Å². The molecule has 2 aromatic rings. The molecule has 0 heterocycles. The highest BCUT2D eigenvalue weighted by molar-refractivity contribution is 7.99. The molecule has 1 N–H and O–H groups in total. The van der Waals surface area contributed by atoms with Gasteiger partial charge in [-0.1, -0.05) is 66.7 Å². The van der Waals surface area contributed by atoms with Crippen molar-refractivity contribution in [3.63, 3.8) is 0 Å². The summed E-state index contributed by atoms with van der Waals surface area (Å²) in [5.41, 5.74) is 2.02. The SMILES string of the molecule is CC(C(=O)NC1CCCCC1)N(Cc1ccc(Cl)cc1)C(=O)CSCc1cccc(Cl)c1. The normalized spacial score (nSPS) is 15.2. The van der Waals surface area contributed by atoms with Gasteiger partial charge in [-0.05, 0) is 55.2 Å². The molecule has 1 unspecified atom stereocenters. The highest BCUT2D eigenvalue weighted by Crippen LogP contribution is 2.20. The van der Waals surface area contributed by atoms with Crippen molar-refractivity contribution in [1.29, 1.82) is 0 Å². The summed E-state index contributed by atoms with van der Waals surface area (Å²) in [5.74, 6) is 0.836. The molecule has 32 heavy (non-hydrogen) atoms. The lowest BCUT2D eigenvalue weighted by molar-refractivity contribution is -0.139. The highest BCUT2D eigenvalue weighted by atomic mass is 35.5. The Hall–Kier alpha value is -1.69. The number of benzene rings is 2. The Balaban J connectivity index is 1.64.